The smallest absolute Gasteiger partial charge is 0.221 e. The number of nitrogens with one attached hydrogen (secondary N) is 1. The van der Waals surface area contributed by atoms with Gasteiger partial charge in [0.2, 0.25) is 5.91 Å². The quantitative estimate of drug-likeness (QED) is 0.505. The maximum Gasteiger partial charge on any atom is 0.221 e. The van der Waals surface area contributed by atoms with Gasteiger partial charge < -0.3 is 25.0 Å². The van der Waals surface area contributed by atoms with Crippen LogP contribution in [0.1, 0.15) is 18.9 Å². The number of Topliss-reactive ketones (excluding diaryl/α,β-unsaturated/α-hetero) is 1. The Balaban J connectivity index is 2.08. The van der Waals surface area contributed by atoms with Crippen LogP contribution in [0.5, 0.6) is 11.8 Å². The first-order valence-electron chi connectivity index (χ1n) is 7.41. The number of ketones is 1. The summed E-state index contributed by atoms with van der Waals surface area (Å²) in [5.74, 6) is -0.343. The van der Waals surface area contributed by atoms with E-state index in [1.54, 1.807) is 6.92 Å². The molecule has 0 unspecified atom stereocenters. The van der Waals surface area contributed by atoms with E-state index < -0.39 is 0 Å². The molecule has 0 fully saturated rings. The molecule has 0 radical (unpaired) electrons. The van der Waals surface area contributed by atoms with Crippen molar-refractivity contribution in [3.05, 3.63) is 11.6 Å². The molecule has 130 valence electrons. The molecule has 3 N–H and O–H groups in total. The molecular weight excluding hydrogens is 304 g/mol. The molecule has 1 aromatic rings. The van der Waals surface area contributed by atoms with Crippen LogP contribution in [0.4, 0.5) is 0 Å². The molecule has 8 nitrogen and oxygen atoms in total. The predicted molar refractivity (Wildman–Crippen MR) is 82.4 cm³/mol. The van der Waals surface area contributed by atoms with Crippen LogP contribution in [0.3, 0.4) is 0 Å². The third kappa shape index (κ3) is 7.16. The van der Waals surface area contributed by atoms with Crippen LogP contribution in [0.2, 0.25) is 0 Å². The molecule has 0 spiro atoms. The molecule has 0 saturated heterocycles. The summed E-state index contributed by atoms with van der Waals surface area (Å²) in [6, 6.07) is 1.44. The molecule has 0 bridgehead atoms. The van der Waals surface area contributed by atoms with E-state index >= 15 is 0 Å². The van der Waals surface area contributed by atoms with Crippen LogP contribution in [-0.4, -0.2) is 59.4 Å². The summed E-state index contributed by atoms with van der Waals surface area (Å²) in [6.07, 6.45) is 0.136. The molecule has 1 aromatic heterocycles. The fourth-order valence-electron chi connectivity index (χ4n) is 1.88. The van der Waals surface area contributed by atoms with Gasteiger partial charge in [-0.25, -0.2) is 0 Å². The number of hydrogen-bond acceptors (Lipinski definition) is 6. The Morgan fingerprint density at radius 2 is 1.91 bits per heavy atom. The molecule has 1 rings (SSSR count). The van der Waals surface area contributed by atoms with Gasteiger partial charge in [-0.05, 0) is 13.8 Å². The molecule has 8 heteroatoms. The van der Waals surface area contributed by atoms with Gasteiger partial charge in [0.25, 0.3) is 0 Å². The lowest BCUT2D eigenvalue weighted by Crippen LogP contribution is -2.28. The van der Waals surface area contributed by atoms with Gasteiger partial charge in [0.05, 0.1) is 19.8 Å². The van der Waals surface area contributed by atoms with E-state index in [0.717, 1.165) is 0 Å². The van der Waals surface area contributed by atoms with Crippen molar-refractivity contribution in [2.45, 2.75) is 26.8 Å². The summed E-state index contributed by atoms with van der Waals surface area (Å²) in [4.78, 5) is 22.3. The molecule has 0 aliphatic heterocycles. The highest BCUT2D eigenvalue weighted by molar-refractivity contribution is 5.76. The summed E-state index contributed by atoms with van der Waals surface area (Å²) in [5.41, 5.74) is 0.559. The van der Waals surface area contributed by atoms with E-state index in [2.05, 4.69) is 5.32 Å². The standard InChI is InChI=1S/C15H24N2O6/c1-11-9-14(20)17(15(11)21)5-3-13(19)16-4-6-22-7-8-23-10-12(2)18/h9,20-21H,3-8,10H2,1-2H3,(H,16,19). The SMILES string of the molecule is CC(=O)COCCOCCNC(=O)CCn1c(O)cc(C)c1O. The van der Waals surface area contributed by atoms with Crippen molar-refractivity contribution in [3.8, 4) is 11.8 Å². The number of aromatic nitrogens is 1. The first-order chi connectivity index (χ1) is 10.9. The van der Waals surface area contributed by atoms with Crippen LogP contribution in [0.15, 0.2) is 6.07 Å². The van der Waals surface area contributed by atoms with Crippen molar-refractivity contribution in [2.24, 2.45) is 0 Å². The van der Waals surface area contributed by atoms with Crippen LogP contribution < -0.4 is 5.32 Å². The Morgan fingerprint density at radius 3 is 2.52 bits per heavy atom. The Kier molecular flexibility index (Phi) is 8.14. The summed E-state index contributed by atoms with van der Waals surface area (Å²) >= 11 is 0. The minimum atomic E-state index is -0.202. The zero-order valence-corrected chi connectivity index (χ0v) is 13.5. The maximum absolute atomic E-state index is 11.7. The lowest BCUT2D eigenvalue weighted by molar-refractivity contribution is -0.123. The lowest BCUT2D eigenvalue weighted by atomic mass is 10.4. The minimum Gasteiger partial charge on any atom is -0.494 e. The summed E-state index contributed by atoms with van der Waals surface area (Å²) in [5, 5.41) is 22.0. The van der Waals surface area contributed by atoms with Gasteiger partial charge >= 0.3 is 0 Å². The van der Waals surface area contributed by atoms with Gasteiger partial charge in [-0.1, -0.05) is 0 Å². The second-order valence-electron chi connectivity index (χ2n) is 5.13. The molecular formula is C15H24N2O6. The van der Waals surface area contributed by atoms with Crippen LogP contribution in [0.25, 0.3) is 0 Å². The van der Waals surface area contributed by atoms with Gasteiger partial charge in [0.1, 0.15) is 6.61 Å². The molecule has 23 heavy (non-hydrogen) atoms. The second kappa shape index (κ2) is 9.86. The van der Waals surface area contributed by atoms with Gasteiger partial charge in [-0.2, -0.15) is 0 Å². The third-order valence-corrected chi connectivity index (χ3v) is 3.04. The molecule has 0 aliphatic carbocycles. The van der Waals surface area contributed by atoms with Crippen molar-refractivity contribution >= 4 is 11.7 Å². The molecule has 0 aromatic carbocycles. The average molecular weight is 328 g/mol. The Hall–Kier alpha value is -2.06. The monoisotopic (exact) mass is 328 g/mol. The maximum atomic E-state index is 11.7. The molecule has 0 saturated carbocycles. The summed E-state index contributed by atoms with van der Waals surface area (Å²) < 4.78 is 11.5. The van der Waals surface area contributed by atoms with Crippen molar-refractivity contribution in [1.82, 2.24) is 9.88 Å². The number of ether oxygens (including phenoxy) is 2. The fraction of sp³-hybridized carbons (Fsp3) is 0.600. The molecule has 0 atom stereocenters. The normalized spacial score (nSPS) is 10.7. The first kappa shape index (κ1) is 19.0. The van der Waals surface area contributed by atoms with Crippen LogP contribution in [-0.2, 0) is 25.6 Å². The zero-order chi connectivity index (χ0) is 17.2. The minimum absolute atomic E-state index is 0.0350. The van der Waals surface area contributed by atoms with E-state index in [0.29, 0.717) is 31.9 Å². The van der Waals surface area contributed by atoms with Crippen LogP contribution >= 0.6 is 0 Å². The Bertz CT molecular complexity index is 526. The van der Waals surface area contributed by atoms with Crippen molar-refractivity contribution in [2.75, 3.05) is 33.0 Å². The van der Waals surface area contributed by atoms with Crippen LogP contribution in [0, 0.1) is 6.92 Å². The summed E-state index contributed by atoms with van der Waals surface area (Å²) in [7, 11) is 0. The number of carbonyl (C=O) groups is 2. The third-order valence-electron chi connectivity index (χ3n) is 3.04. The number of nitrogens with zero attached hydrogens (tertiary/aromatic N) is 1. The molecule has 1 heterocycles. The Labute approximate surface area is 135 Å². The van der Waals surface area contributed by atoms with Crippen molar-refractivity contribution in [1.29, 1.82) is 0 Å². The number of aryl methyl sites for hydroxylation is 1. The Morgan fingerprint density at radius 1 is 1.22 bits per heavy atom. The fourth-order valence-corrected chi connectivity index (χ4v) is 1.88. The van der Waals surface area contributed by atoms with Crippen molar-refractivity contribution in [3.63, 3.8) is 0 Å². The summed E-state index contributed by atoms with van der Waals surface area (Å²) in [6.45, 7) is 4.78. The number of rotatable bonds is 11. The van der Waals surface area contributed by atoms with E-state index in [9.17, 15) is 19.8 Å². The first-order valence-corrected chi connectivity index (χ1v) is 7.41. The highest BCUT2D eigenvalue weighted by Gasteiger charge is 2.11. The molecule has 1 amide bonds. The predicted octanol–water partition coefficient (Wildman–Crippen LogP) is 0.336. The highest BCUT2D eigenvalue weighted by Crippen LogP contribution is 2.26. The highest BCUT2D eigenvalue weighted by atomic mass is 16.5. The van der Waals surface area contributed by atoms with Gasteiger partial charge in [-0.3, -0.25) is 14.2 Å². The van der Waals surface area contributed by atoms with E-state index in [1.165, 1.54) is 17.6 Å². The molecule has 0 aliphatic rings. The lowest BCUT2D eigenvalue weighted by Gasteiger charge is -2.08. The van der Waals surface area contributed by atoms with Crippen molar-refractivity contribution < 1.29 is 29.3 Å². The largest absolute Gasteiger partial charge is 0.494 e. The number of hydrogen-bond donors (Lipinski definition) is 3. The van der Waals surface area contributed by atoms with E-state index in [-0.39, 0.29) is 43.0 Å². The van der Waals surface area contributed by atoms with Gasteiger partial charge in [0, 0.05) is 31.1 Å². The zero-order valence-electron chi connectivity index (χ0n) is 13.5. The van der Waals surface area contributed by atoms with E-state index in [1.807, 2.05) is 0 Å². The number of carbonyl (C=O) groups excluding carboxylic acids is 2. The topological polar surface area (TPSA) is 110 Å². The second-order valence-corrected chi connectivity index (χ2v) is 5.13. The van der Waals surface area contributed by atoms with E-state index in [4.69, 9.17) is 9.47 Å². The number of aromatic hydroxyl groups is 2. The van der Waals surface area contributed by atoms with Gasteiger partial charge in [0.15, 0.2) is 17.5 Å². The average Bonchev–Trinajstić information content (AvgIpc) is 2.72. The number of amides is 1. The van der Waals surface area contributed by atoms with Gasteiger partial charge in [-0.15, -0.1) is 0 Å².